The quantitative estimate of drug-likeness (QED) is 0.858. The number of nitrogens with zero attached hydrogens (tertiary/aromatic N) is 2. The minimum Gasteiger partial charge on any atom is -0.399 e. The Labute approximate surface area is 111 Å². The molecule has 0 saturated carbocycles. The number of nitrogens with two attached hydrogens (primary N) is 1. The second kappa shape index (κ2) is 5.40. The molecular weight excluding hydrogens is 241 g/mol. The lowest BCUT2D eigenvalue weighted by Crippen LogP contribution is -2.17. The lowest BCUT2D eigenvalue weighted by atomic mass is 10.1. The molecule has 0 aliphatic rings. The highest BCUT2D eigenvalue weighted by Gasteiger charge is 2.08. The summed E-state index contributed by atoms with van der Waals surface area (Å²) in [7, 11) is 1.86. The highest BCUT2D eigenvalue weighted by Crippen LogP contribution is 2.23. The number of hydrogen-bond acceptors (Lipinski definition) is 3. The van der Waals surface area contributed by atoms with Crippen LogP contribution in [0.5, 0.6) is 0 Å². The lowest BCUT2D eigenvalue weighted by Gasteiger charge is -2.20. The van der Waals surface area contributed by atoms with Crippen molar-refractivity contribution in [3.63, 3.8) is 0 Å². The van der Waals surface area contributed by atoms with Crippen LogP contribution in [0, 0.1) is 17.1 Å². The highest BCUT2D eigenvalue weighted by atomic mass is 19.1. The van der Waals surface area contributed by atoms with Gasteiger partial charge in [0.05, 0.1) is 11.3 Å². The average Bonchev–Trinajstić information content (AvgIpc) is 2.38. The van der Waals surface area contributed by atoms with Crippen LogP contribution in [-0.4, -0.2) is 7.05 Å². The summed E-state index contributed by atoms with van der Waals surface area (Å²) in [5.74, 6) is -0.260. The van der Waals surface area contributed by atoms with Gasteiger partial charge in [0.1, 0.15) is 11.9 Å². The summed E-state index contributed by atoms with van der Waals surface area (Å²) in [6.45, 7) is 0.524. The minimum absolute atomic E-state index is 0.260. The Morgan fingerprint density at radius 1 is 1.26 bits per heavy atom. The molecule has 2 N–H and O–H groups in total. The minimum atomic E-state index is -0.260. The highest BCUT2D eigenvalue weighted by molar-refractivity contribution is 5.64. The molecule has 0 aliphatic carbocycles. The van der Waals surface area contributed by atoms with Gasteiger partial charge in [0.25, 0.3) is 0 Å². The molecule has 0 heterocycles. The zero-order valence-electron chi connectivity index (χ0n) is 10.6. The van der Waals surface area contributed by atoms with Gasteiger partial charge in [0.2, 0.25) is 0 Å². The fraction of sp³-hybridized carbons (Fsp3) is 0.133. The fourth-order valence-corrected chi connectivity index (χ4v) is 1.97. The second-order valence-electron chi connectivity index (χ2n) is 4.37. The number of rotatable bonds is 3. The Hall–Kier alpha value is -2.54. The maximum Gasteiger partial charge on any atom is 0.123 e. The third-order valence-electron chi connectivity index (χ3n) is 2.86. The van der Waals surface area contributed by atoms with E-state index >= 15 is 0 Å². The van der Waals surface area contributed by atoms with E-state index in [1.165, 1.54) is 12.1 Å². The van der Waals surface area contributed by atoms with E-state index in [1.54, 1.807) is 24.3 Å². The third kappa shape index (κ3) is 3.02. The largest absolute Gasteiger partial charge is 0.399 e. The van der Waals surface area contributed by atoms with Crippen LogP contribution in [0.3, 0.4) is 0 Å². The SMILES string of the molecule is CN(Cc1cccc(F)c1)c1ccc(N)cc1C#N. The summed E-state index contributed by atoms with van der Waals surface area (Å²) >= 11 is 0. The first-order valence-electron chi connectivity index (χ1n) is 5.85. The zero-order chi connectivity index (χ0) is 13.8. The van der Waals surface area contributed by atoms with Crippen molar-refractivity contribution >= 4 is 11.4 Å². The van der Waals surface area contributed by atoms with Gasteiger partial charge in [-0.3, -0.25) is 0 Å². The van der Waals surface area contributed by atoms with Crippen molar-refractivity contribution in [1.82, 2.24) is 0 Å². The molecule has 3 nitrogen and oxygen atoms in total. The maximum absolute atomic E-state index is 13.1. The predicted molar refractivity (Wildman–Crippen MR) is 74.1 cm³/mol. The third-order valence-corrected chi connectivity index (χ3v) is 2.86. The van der Waals surface area contributed by atoms with Crippen LogP contribution in [0.4, 0.5) is 15.8 Å². The molecule has 0 radical (unpaired) electrons. The number of halogens is 1. The van der Waals surface area contributed by atoms with Crippen LogP contribution < -0.4 is 10.6 Å². The second-order valence-corrected chi connectivity index (χ2v) is 4.37. The fourth-order valence-electron chi connectivity index (χ4n) is 1.97. The van der Waals surface area contributed by atoms with Crippen molar-refractivity contribution in [2.24, 2.45) is 0 Å². The van der Waals surface area contributed by atoms with Gasteiger partial charge in [-0.15, -0.1) is 0 Å². The molecular formula is C15H14FN3. The molecule has 0 amide bonds. The molecule has 2 rings (SSSR count). The molecule has 0 aromatic heterocycles. The topological polar surface area (TPSA) is 53.0 Å². The van der Waals surface area contributed by atoms with Gasteiger partial charge in [0.15, 0.2) is 0 Å². The summed E-state index contributed by atoms with van der Waals surface area (Å²) in [5, 5.41) is 9.11. The van der Waals surface area contributed by atoms with Crippen LogP contribution in [-0.2, 0) is 6.54 Å². The molecule has 0 atom stereocenters. The van der Waals surface area contributed by atoms with Crippen molar-refractivity contribution in [3.8, 4) is 6.07 Å². The Bertz CT molecular complexity index is 632. The first-order chi connectivity index (χ1) is 9.10. The van der Waals surface area contributed by atoms with Crippen molar-refractivity contribution < 1.29 is 4.39 Å². The van der Waals surface area contributed by atoms with Crippen LogP contribution in [0.15, 0.2) is 42.5 Å². The Morgan fingerprint density at radius 3 is 2.74 bits per heavy atom. The van der Waals surface area contributed by atoms with Gasteiger partial charge in [0, 0.05) is 19.3 Å². The average molecular weight is 255 g/mol. The summed E-state index contributed by atoms with van der Waals surface area (Å²) in [4.78, 5) is 1.90. The first kappa shape index (κ1) is 12.9. The van der Waals surface area contributed by atoms with E-state index in [1.807, 2.05) is 18.0 Å². The van der Waals surface area contributed by atoms with Crippen molar-refractivity contribution in [2.45, 2.75) is 6.54 Å². The van der Waals surface area contributed by atoms with Gasteiger partial charge < -0.3 is 10.6 Å². The van der Waals surface area contributed by atoms with Gasteiger partial charge in [-0.2, -0.15) is 5.26 Å². The van der Waals surface area contributed by atoms with E-state index in [4.69, 9.17) is 11.0 Å². The molecule has 96 valence electrons. The molecule has 19 heavy (non-hydrogen) atoms. The van der Waals surface area contributed by atoms with E-state index in [-0.39, 0.29) is 5.82 Å². The van der Waals surface area contributed by atoms with Gasteiger partial charge in [-0.05, 0) is 35.9 Å². The van der Waals surface area contributed by atoms with Gasteiger partial charge in [-0.1, -0.05) is 12.1 Å². The van der Waals surface area contributed by atoms with Crippen molar-refractivity contribution in [2.75, 3.05) is 17.7 Å². The molecule has 2 aromatic rings. The van der Waals surface area contributed by atoms with E-state index in [0.29, 0.717) is 17.8 Å². The van der Waals surface area contributed by atoms with Crippen LogP contribution >= 0.6 is 0 Å². The van der Waals surface area contributed by atoms with Crippen LogP contribution in [0.2, 0.25) is 0 Å². The zero-order valence-corrected chi connectivity index (χ0v) is 10.6. The van der Waals surface area contributed by atoms with Crippen molar-refractivity contribution in [3.05, 3.63) is 59.4 Å². The molecule has 0 aliphatic heterocycles. The normalized spacial score (nSPS) is 9.95. The monoisotopic (exact) mass is 255 g/mol. The molecule has 4 heteroatoms. The number of hydrogen-bond donors (Lipinski definition) is 1. The van der Waals surface area contributed by atoms with Gasteiger partial charge >= 0.3 is 0 Å². The lowest BCUT2D eigenvalue weighted by molar-refractivity contribution is 0.625. The smallest absolute Gasteiger partial charge is 0.123 e. The first-order valence-corrected chi connectivity index (χ1v) is 5.85. The molecule has 0 unspecified atom stereocenters. The number of nitrogen functional groups attached to an aromatic ring is 1. The predicted octanol–water partition coefficient (Wildman–Crippen LogP) is 2.92. The number of benzene rings is 2. The standard InChI is InChI=1S/C15H14FN3/c1-19(10-11-3-2-4-13(16)7-11)15-6-5-14(18)8-12(15)9-17/h2-8H,10,18H2,1H3. The molecule has 0 saturated heterocycles. The summed E-state index contributed by atoms with van der Waals surface area (Å²) in [6, 6.07) is 13.7. The van der Waals surface area contributed by atoms with Gasteiger partial charge in [-0.25, -0.2) is 4.39 Å². The van der Waals surface area contributed by atoms with E-state index in [2.05, 4.69) is 6.07 Å². The number of nitriles is 1. The molecule has 0 spiro atoms. The van der Waals surface area contributed by atoms with Crippen LogP contribution in [0.25, 0.3) is 0 Å². The Kier molecular flexibility index (Phi) is 3.67. The van der Waals surface area contributed by atoms with E-state index in [9.17, 15) is 4.39 Å². The number of anilines is 2. The summed E-state index contributed by atoms with van der Waals surface area (Å²) < 4.78 is 13.1. The van der Waals surface area contributed by atoms with Crippen molar-refractivity contribution in [1.29, 1.82) is 5.26 Å². The molecule has 0 fully saturated rings. The summed E-state index contributed by atoms with van der Waals surface area (Å²) in [5.41, 5.74) is 8.35. The van der Waals surface area contributed by atoms with E-state index in [0.717, 1.165) is 11.3 Å². The maximum atomic E-state index is 13.1. The molecule has 0 bridgehead atoms. The Balaban J connectivity index is 2.25. The summed E-state index contributed by atoms with van der Waals surface area (Å²) in [6.07, 6.45) is 0. The van der Waals surface area contributed by atoms with E-state index < -0.39 is 0 Å². The Morgan fingerprint density at radius 2 is 2.05 bits per heavy atom. The molecule has 2 aromatic carbocycles. The van der Waals surface area contributed by atoms with Crippen LogP contribution in [0.1, 0.15) is 11.1 Å².